The van der Waals surface area contributed by atoms with E-state index in [1.807, 2.05) is 0 Å². The van der Waals surface area contributed by atoms with E-state index in [1.54, 1.807) is 0 Å². The summed E-state index contributed by atoms with van der Waals surface area (Å²) in [6.45, 7) is 3.66. The minimum Gasteiger partial charge on any atom is -1.00 e. The summed E-state index contributed by atoms with van der Waals surface area (Å²) >= 11 is 0. The van der Waals surface area contributed by atoms with Crippen LogP contribution < -0.4 is 32.9 Å². The SMILES string of the molecule is CC(C[P+](c1ccccc1)(c1ccccc1)c1ccccc1)C1OCCO1.[Br-]. The van der Waals surface area contributed by atoms with E-state index in [4.69, 9.17) is 9.47 Å². The lowest BCUT2D eigenvalue weighted by Gasteiger charge is -2.31. The molecule has 3 aromatic rings. The van der Waals surface area contributed by atoms with Crippen molar-refractivity contribution in [1.82, 2.24) is 0 Å². The predicted molar refractivity (Wildman–Crippen MR) is 115 cm³/mol. The minimum absolute atomic E-state index is 0. The second kappa shape index (κ2) is 9.80. The molecule has 0 radical (unpaired) electrons. The van der Waals surface area contributed by atoms with Crippen molar-refractivity contribution < 1.29 is 26.5 Å². The fraction of sp³-hybridized carbons (Fsp3) is 0.250. The summed E-state index contributed by atoms with van der Waals surface area (Å²) in [5.41, 5.74) is 0. The van der Waals surface area contributed by atoms with Crippen molar-refractivity contribution >= 4 is 23.2 Å². The normalized spacial score (nSPS) is 15.8. The van der Waals surface area contributed by atoms with Crippen molar-refractivity contribution in [3.63, 3.8) is 0 Å². The van der Waals surface area contributed by atoms with Gasteiger partial charge in [-0.2, -0.15) is 0 Å². The maximum atomic E-state index is 5.86. The third kappa shape index (κ3) is 4.23. The maximum Gasteiger partial charge on any atom is 0.163 e. The van der Waals surface area contributed by atoms with Crippen LogP contribution in [0.4, 0.5) is 0 Å². The summed E-state index contributed by atoms with van der Waals surface area (Å²) in [7, 11) is -1.82. The van der Waals surface area contributed by atoms with Crippen LogP contribution in [0, 0.1) is 5.92 Å². The van der Waals surface area contributed by atoms with E-state index in [2.05, 4.69) is 97.9 Å². The van der Waals surface area contributed by atoms with Crippen molar-refractivity contribution in [3.05, 3.63) is 91.0 Å². The molecule has 0 aliphatic carbocycles. The molecule has 1 saturated heterocycles. The first-order valence-electron chi connectivity index (χ1n) is 9.59. The van der Waals surface area contributed by atoms with E-state index in [0.29, 0.717) is 19.1 Å². The standard InChI is InChI=1S/C24H26O2P.BrH/c1-20(24-25-17-18-26-24)19-27(21-11-5-2-6-12-21,22-13-7-3-8-14-22)23-15-9-4-10-16-23;/h2-16,20,24H,17-19H2,1H3;1H/q+1;/p-1. The van der Waals surface area contributed by atoms with Gasteiger partial charge in [0.25, 0.3) is 0 Å². The van der Waals surface area contributed by atoms with Crippen LogP contribution in [-0.2, 0) is 9.47 Å². The Bertz CT molecular complexity index is 740. The first kappa shape index (κ1) is 21.2. The molecule has 1 aliphatic heterocycles. The Morgan fingerprint density at radius 3 is 1.43 bits per heavy atom. The maximum absolute atomic E-state index is 5.86. The number of ether oxygens (including phenoxy) is 2. The zero-order valence-electron chi connectivity index (χ0n) is 16.1. The lowest BCUT2D eigenvalue weighted by Crippen LogP contribution is -3.00. The fourth-order valence-corrected chi connectivity index (χ4v) is 8.64. The summed E-state index contributed by atoms with van der Waals surface area (Å²) in [5.74, 6) is 0.307. The lowest BCUT2D eigenvalue weighted by atomic mass is 10.2. The second-order valence-corrected chi connectivity index (χ2v) is 10.6. The zero-order chi connectivity index (χ0) is 18.5. The Morgan fingerprint density at radius 1 is 0.714 bits per heavy atom. The van der Waals surface area contributed by atoms with Crippen LogP contribution in [0.2, 0.25) is 0 Å². The van der Waals surface area contributed by atoms with Gasteiger partial charge in [-0.1, -0.05) is 61.5 Å². The Kier molecular flexibility index (Phi) is 7.42. The molecule has 4 heteroatoms. The van der Waals surface area contributed by atoms with Gasteiger partial charge in [-0.3, -0.25) is 0 Å². The summed E-state index contributed by atoms with van der Waals surface area (Å²) in [5, 5.41) is 4.23. The Labute approximate surface area is 179 Å². The number of benzene rings is 3. The van der Waals surface area contributed by atoms with Crippen molar-refractivity contribution in [2.24, 2.45) is 5.92 Å². The quantitative estimate of drug-likeness (QED) is 0.515. The molecular weight excluding hydrogens is 431 g/mol. The molecule has 0 spiro atoms. The van der Waals surface area contributed by atoms with Crippen molar-refractivity contribution in [2.75, 3.05) is 19.4 Å². The molecule has 1 fully saturated rings. The first-order chi connectivity index (χ1) is 13.3. The average Bonchev–Trinajstić information content (AvgIpc) is 3.29. The van der Waals surface area contributed by atoms with E-state index in [0.717, 1.165) is 6.16 Å². The van der Waals surface area contributed by atoms with Gasteiger partial charge in [0.1, 0.15) is 23.2 Å². The summed E-state index contributed by atoms with van der Waals surface area (Å²) < 4.78 is 11.7. The number of rotatable bonds is 6. The summed E-state index contributed by atoms with van der Waals surface area (Å²) in [6, 6.07) is 33.0. The van der Waals surface area contributed by atoms with Gasteiger partial charge < -0.3 is 26.5 Å². The van der Waals surface area contributed by atoms with Gasteiger partial charge in [0.05, 0.1) is 19.4 Å². The fourth-order valence-electron chi connectivity index (χ4n) is 4.03. The predicted octanol–water partition coefficient (Wildman–Crippen LogP) is 0.993. The minimum atomic E-state index is -1.82. The molecule has 28 heavy (non-hydrogen) atoms. The molecule has 0 N–H and O–H groups in total. The molecule has 3 aromatic carbocycles. The van der Waals surface area contributed by atoms with Crippen LogP contribution in [-0.4, -0.2) is 25.7 Å². The van der Waals surface area contributed by atoms with Crippen LogP contribution in [0.25, 0.3) is 0 Å². The Morgan fingerprint density at radius 2 is 1.07 bits per heavy atom. The third-order valence-corrected chi connectivity index (χ3v) is 9.93. The van der Waals surface area contributed by atoms with Crippen LogP contribution in [0.15, 0.2) is 91.0 Å². The zero-order valence-corrected chi connectivity index (χ0v) is 18.6. The van der Waals surface area contributed by atoms with Crippen LogP contribution in [0.1, 0.15) is 6.92 Å². The summed E-state index contributed by atoms with van der Waals surface area (Å²) in [6.07, 6.45) is 0.913. The third-order valence-electron chi connectivity index (χ3n) is 5.26. The molecule has 1 aliphatic rings. The van der Waals surface area contributed by atoms with E-state index >= 15 is 0 Å². The Hall–Kier alpha value is -1.51. The highest BCUT2D eigenvalue weighted by molar-refractivity contribution is 7.95. The molecule has 2 nitrogen and oxygen atoms in total. The van der Waals surface area contributed by atoms with E-state index in [9.17, 15) is 0 Å². The van der Waals surface area contributed by atoms with Gasteiger partial charge in [-0.15, -0.1) is 0 Å². The molecular formula is C24H26BrO2P. The van der Waals surface area contributed by atoms with E-state index in [-0.39, 0.29) is 23.3 Å². The van der Waals surface area contributed by atoms with Crippen LogP contribution in [0.3, 0.4) is 0 Å². The van der Waals surface area contributed by atoms with Gasteiger partial charge >= 0.3 is 0 Å². The highest BCUT2D eigenvalue weighted by atomic mass is 79.9. The molecule has 146 valence electrons. The van der Waals surface area contributed by atoms with Gasteiger partial charge in [-0.25, -0.2) is 0 Å². The lowest BCUT2D eigenvalue weighted by molar-refractivity contribution is -0.0722. The van der Waals surface area contributed by atoms with E-state index < -0.39 is 7.26 Å². The van der Waals surface area contributed by atoms with Gasteiger partial charge in [0.15, 0.2) is 6.29 Å². The molecule has 0 saturated carbocycles. The van der Waals surface area contributed by atoms with Gasteiger partial charge in [0, 0.05) is 5.92 Å². The average molecular weight is 457 g/mol. The molecule has 1 heterocycles. The smallest absolute Gasteiger partial charge is 0.163 e. The molecule has 1 atom stereocenters. The topological polar surface area (TPSA) is 18.5 Å². The van der Waals surface area contributed by atoms with Crippen molar-refractivity contribution in [3.8, 4) is 0 Å². The molecule has 0 aromatic heterocycles. The van der Waals surface area contributed by atoms with Crippen molar-refractivity contribution in [1.29, 1.82) is 0 Å². The van der Waals surface area contributed by atoms with Crippen molar-refractivity contribution in [2.45, 2.75) is 13.2 Å². The molecule has 1 unspecified atom stereocenters. The highest BCUT2D eigenvalue weighted by Gasteiger charge is 2.48. The molecule has 0 bridgehead atoms. The second-order valence-electron chi connectivity index (χ2n) is 7.09. The summed E-state index contributed by atoms with van der Waals surface area (Å²) in [4.78, 5) is 0. The highest BCUT2D eigenvalue weighted by Crippen LogP contribution is 2.57. The van der Waals surface area contributed by atoms with E-state index in [1.165, 1.54) is 15.9 Å². The van der Waals surface area contributed by atoms with Crippen LogP contribution in [0.5, 0.6) is 0 Å². The molecule has 4 rings (SSSR count). The molecule has 0 amide bonds. The number of hydrogen-bond acceptors (Lipinski definition) is 2. The Balaban J connectivity index is 0.00000225. The largest absolute Gasteiger partial charge is 1.00 e. The monoisotopic (exact) mass is 456 g/mol. The number of halogens is 1. The first-order valence-corrected chi connectivity index (χ1v) is 11.6. The van der Waals surface area contributed by atoms with Crippen LogP contribution >= 0.6 is 7.26 Å². The van der Waals surface area contributed by atoms with Gasteiger partial charge in [-0.05, 0) is 36.4 Å². The van der Waals surface area contributed by atoms with Gasteiger partial charge in [0.2, 0.25) is 0 Å². The number of hydrogen-bond donors (Lipinski definition) is 0.